The van der Waals surface area contributed by atoms with Crippen LogP contribution in [0.1, 0.15) is 23.5 Å². The largest absolute Gasteiger partial charge is 0.380 e. The molecule has 1 aromatic rings. The third-order valence-electron chi connectivity index (χ3n) is 4.32. The smallest absolute Gasteiger partial charge is 0.0617 e. The zero-order valence-corrected chi connectivity index (χ0v) is 11.8. The van der Waals surface area contributed by atoms with Gasteiger partial charge >= 0.3 is 0 Å². The van der Waals surface area contributed by atoms with Crippen molar-refractivity contribution >= 4 is 11.4 Å². The van der Waals surface area contributed by atoms with Crippen LogP contribution in [-0.4, -0.2) is 45.2 Å². The molecule has 1 N–H and O–H groups in total. The average molecular weight is 245 g/mol. The Kier molecular flexibility index (Phi) is 2.74. The van der Waals surface area contributed by atoms with E-state index in [0.29, 0.717) is 12.0 Å². The van der Waals surface area contributed by atoms with E-state index in [9.17, 15) is 0 Å². The summed E-state index contributed by atoms with van der Waals surface area (Å²) in [6.45, 7) is 4.59. The van der Waals surface area contributed by atoms with Gasteiger partial charge in [-0.15, -0.1) is 0 Å². The summed E-state index contributed by atoms with van der Waals surface area (Å²) in [7, 11) is 6.49. The summed E-state index contributed by atoms with van der Waals surface area (Å²) in [5, 5.41) is 3.77. The number of aryl methyl sites for hydroxylation is 1. The molecule has 2 aliphatic heterocycles. The van der Waals surface area contributed by atoms with Crippen LogP contribution in [0, 0.1) is 6.92 Å². The summed E-state index contributed by atoms with van der Waals surface area (Å²) in [5.41, 5.74) is 5.60. The summed E-state index contributed by atoms with van der Waals surface area (Å²) in [4.78, 5) is 4.68. The van der Waals surface area contributed by atoms with Gasteiger partial charge in [0, 0.05) is 32.6 Å². The molecule has 2 atom stereocenters. The number of hydrogen-bond donors (Lipinski definition) is 1. The SMILES string of the molecule is Cc1cc2c(c(N(C)C)c1)N[C@H]1CCN(C)C[C@@H]21. The quantitative estimate of drug-likeness (QED) is 0.819. The van der Waals surface area contributed by atoms with Gasteiger partial charge in [0.15, 0.2) is 0 Å². The van der Waals surface area contributed by atoms with Gasteiger partial charge in [-0.3, -0.25) is 0 Å². The van der Waals surface area contributed by atoms with Gasteiger partial charge in [0.2, 0.25) is 0 Å². The highest BCUT2D eigenvalue weighted by molar-refractivity contribution is 5.78. The second-order valence-electron chi connectivity index (χ2n) is 6.05. The molecule has 1 fully saturated rings. The molecule has 2 aliphatic rings. The fourth-order valence-corrected chi connectivity index (χ4v) is 3.39. The van der Waals surface area contributed by atoms with Gasteiger partial charge in [0.05, 0.1) is 11.4 Å². The first kappa shape index (κ1) is 11.8. The summed E-state index contributed by atoms with van der Waals surface area (Å²) in [6, 6.07) is 5.29. The number of anilines is 2. The molecule has 0 radical (unpaired) electrons. The van der Waals surface area contributed by atoms with Crippen LogP contribution in [0.3, 0.4) is 0 Å². The molecule has 0 spiro atoms. The van der Waals surface area contributed by atoms with E-state index in [-0.39, 0.29) is 0 Å². The zero-order valence-electron chi connectivity index (χ0n) is 11.8. The van der Waals surface area contributed by atoms with Gasteiger partial charge in [-0.1, -0.05) is 6.07 Å². The van der Waals surface area contributed by atoms with E-state index in [0.717, 1.165) is 0 Å². The molecule has 1 aromatic carbocycles. The summed E-state index contributed by atoms with van der Waals surface area (Å²) >= 11 is 0. The lowest BCUT2D eigenvalue weighted by Gasteiger charge is -2.32. The van der Waals surface area contributed by atoms with Crippen molar-refractivity contribution in [3.63, 3.8) is 0 Å². The Morgan fingerprint density at radius 3 is 2.83 bits per heavy atom. The predicted molar refractivity (Wildman–Crippen MR) is 77.8 cm³/mol. The number of rotatable bonds is 1. The lowest BCUT2D eigenvalue weighted by molar-refractivity contribution is 0.243. The van der Waals surface area contributed by atoms with Gasteiger partial charge in [0.1, 0.15) is 0 Å². The Morgan fingerprint density at radius 2 is 2.11 bits per heavy atom. The number of fused-ring (bicyclic) bond motifs is 3. The molecule has 3 rings (SSSR count). The topological polar surface area (TPSA) is 18.5 Å². The average Bonchev–Trinajstić information content (AvgIpc) is 2.66. The van der Waals surface area contributed by atoms with E-state index < -0.39 is 0 Å². The van der Waals surface area contributed by atoms with E-state index in [1.807, 2.05) is 0 Å². The van der Waals surface area contributed by atoms with E-state index in [2.05, 4.69) is 55.3 Å². The normalized spacial score (nSPS) is 26.4. The second kappa shape index (κ2) is 4.16. The van der Waals surface area contributed by atoms with E-state index in [1.54, 1.807) is 0 Å². The second-order valence-corrected chi connectivity index (χ2v) is 6.05. The Labute approximate surface area is 110 Å². The van der Waals surface area contributed by atoms with Crippen LogP contribution in [0.5, 0.6) is 0 Å². The van der Waals surface area contributed by atoms with Crippen LogP contribution < -0.4 is 10.2 Å². The molecule has 0 unspecified atom stereocenters. The van der Waals surface area contributed by atoms with Crippen molar-refractivity contribution in [1.29, 1.82) is 0 Å². The number of likely N-dealkylation sites (tertiary alicyclic amines) is 1. The Morgan fingerprint density at radius 1 is 1.33 bits per heavy atom. The zero-order chi connectivity index (χ0) is 12.9. The summed E-state index contributed by atoms with van der Waals surface area (Å²) in [5.74, 6) is 0.664. The number of nitrogens with zero attached hydrogens (tertiary/aromatic N) is 2. The molecule has 0 bridgehead atoms. The number of hydrogen-bond acceptors (Lipinski definition) is 3. The number of likely N-dealkylation sites (N-methyl/N-ethyl adjacent to an activating group) is 1. The monoisotopic (exact) mass is 245 g/mol. The summed E-state index contributed by atoms with van der Waals surface area (Å²) < 4.78 is 0. The number of nitrogens with one attached hydrogen (secondary N) is 1. The highest BCUT2D eigenvalue weighted by atomic mass is 15.2. The molecule has 2 heterocycles. The van der Waals surface area contributed by atoms with E-state index in [1.165, 1.54) is 42.0 Å². The first-order chi connectivity index (χ1) is 8.56. The predicted octanol–water partition coefficient (Wildman–Crippen LogP) is 2.27. The van der Waals surface area contributed by atoms with Gasteiger partial charge in [-0.2, -0.15) is 0 Å². The first-order valence-electron chi connectivity index (χ1n) is 6.83. The van der Waals surface area contributed by atoms with Crippen molar-refractivity contribution in [3.8, 4) is 0 Å². The van der Waals surface area contributed by atoms with Crippen LogP contribution in [0.2, 0.25) is 0 Å². The molecule has 1 saturated heterocycles. The Hall–Kier alpha value is -1.22. The van der Waals surface area contributed by atoms with Gasteiger partial charge < -0.3 is 15.1 Å². The van der Waals surface area contributed by atoms with Crippen molar-refractivity contribution in [2.75, 3.05) is 44.4 Å². The van der Waals surface area contributed by atoms with Crippen molar-refractivity contribution < 1.29 is 0 Å². The number of piperidine rings is 1. The van der Waals surface area contributed by atoms with Crippen molar-refractivity contribution in [1.82, 2.24) is 4.90 Å². The van der Waals surface area contributed by atoms with Crippen molar-refractivity contribution in [2.24, 2.45) is 0 Å². The maximum Gasteiger partial charge on any atom is 0.0617 e. The molecule has 18 heavy (non-hydrogen) atoms. The third kappa shape index (κ3) is 1.77. The van der Waals surface area contributed by atoms with Crippen LogP contribution in [0.25, 0.3) is 0 Å². The molecule has 0 saturated carbocycles. The molecular formula is C15H23N3. The van der Waals surface area contributed by atoms with Gasteiger partial charge in [0.25, 0.3) is 0 Å². The Bertz CT molecular complexity index is 467. The highest BCUT2D eigenvalue weighted by Crippen LogP contribution is 2.45. The van der Waals surface area contributed by atoms with Crippen molar-refractivity contribution in [2.45, 2.75) is 25.3 Å². The maximum absolute atomic E-state index is 3.77. The standard InChI is InChI=1S/C15H23N3/c1-10-7-11-12-9-18(4)6-5-13(12)16-15(11)14(8-10)17(2)3/h7-8,12-13,16H,5-6,9H2,1-4H3/t12-,13-/m0/s1. The van der Waals surface area contributed by atoms with Gasteiger partial charge in [-0.25, -0.2) is 0 Å². The lowest BCUT2D eigenvalue weighted by Crippen LogP contribution is -2.39. The minimum absolute atomic E-state index is 0.636. The van der Waals surface area contributed by atoms with Crippen molar-refractivity contribution in [3.05, 3.63) is 23.3 Å². The molecule has 3 heteroatoms. The van der Waals surface area contributed by atoms with Crippen LogP contribution in [-0.2, 0) is 0 Å². The fraction of sp³-hybridized carbons (Fsp3) is 0.600. The molecule has 3 nitrogen and oxygen atoms in total. The summed E-state index contributed by atoms with van der Waals surface area (Å²) in [6.07, 6.45) is 1.25. The first-order valence-corrected chi connectivity index (χ1v) is 6.83. The number of benzene rings is 1. The van der Waals surface area contributed by atoms with Crippen LogP contribution >= 0.6 is 0 Å². The Balaban J connectivity index is 2.05. The van der Waals surface area contributed by atoms with Gasteiger partial charge in [-0.05, 0) is 44.1 Å². The molecule has 98 valence electrons. The van der Waals surface area contributed by atoms with E-state index >= 15 is 0 Å². The third-order valence-corrected chi connectivity index (χ3v) is 4.32. The molecule has 0 amide bonds. The minimum Gasteiger partial charge on any atom is -0.380 e. The molecule has 0 aliphatic carbocycles. The minimum atomic E-state index is 0.636. The van der Waals surface area contributed by atoms with Crippen LogP contribution in [0.4, 0.5) is 11.4 Å². The maximum atomic E-state index is 3.77. The molecule has 0 aromatic heterocycles. The highest BCUT2D eigenvalue weighted by Gasteiger charge is 2.37. The fourth-order valence-electron chi connectivity index (χ4n) is 3.39. The molecular weight excluding hydrogens is 222 g/mol. The lowest BCUT2D eigenvalue weighted by atomic mass is 9.89. The van der Waals surface area contributed by atoms with E-state index in [4.69, 9.17) is 0 Å². The van der Waals surface area contributed by atoms with Crippen LogP contribution in [0.15, 0.2) is 12.1 Å².